The number of Topliss-reactive ketones (excluding diaryl/α,β-unsaturated/α-hetero) is 1. The summed E-state index contributed by atoms with van der Waals surface area (Å²) in [5.41, 5.74) is 1.97. The molecule has 1 N–H and O–H groups in total. The highest BCUT2D eigenvalue weighted by atomic mass is 19.1. The van der Waals surface area contributed by atoms with E-state index in [2.05, 4.69) is 0 Å². The SMILES string of the molecule is CC(C)OCCCN1C(=O)C(=O)/C(=C(\O)c2ccc3c(c2)CCCO3)C1c1ccc(F)cc1. The Bertz CT molecular complexity index is 1080. The van der Waals surface area contributed by atoms with Gasteiger partial charge in [-0.2, -0.15) is 0 Å². The van der Waals surface area contributed by atoms with Crippen molar-refractivity contribution in [1.29, 1.82) is 0 Å². The molecule has 4 rings (SSSR count). The molecular weight excluding hydrogens is 425 g/mol. The number of amides is 1. The van der Waals surface area contributed by atoms with Gasteiger partial charge in [0.2, 0.25) is 0 Å². The summed E-state index contributed by atoms with van der Waals surface area (Å²) in [6.45, 7) is 5.20. The van der Waals surface area contributed by atoms with Crippen LogP contribution in [0.3, 0.4) is 0 Å². The Morgan fingerprint density at radius 3 is 2.70 bits per heavy atom. The normalized spacial score (nSPS) is 19.6. The average Bonchev–Trinajstić information content (AvgIpc) is 3.06. The number of ketones is 1. The minimum Gasteiger partial charge on any atom is -0.507 e. The number of aliphatic hydroxyl groups is 1. The Hall–Kier alpha value is -3.19. The zero-order valence-electron chi connectivity index (χ0n) is 18.8. The van der Waals surface area contributed by atoms with Crippen molar-refractivity contribution in [2.45, 2.75) is 45.3 Å². The van der Waals surface area contributed by atoms with Crippen LogP contribution in [0.25, 0.3) is 5.76 Å². The largest absolute Gasteiger partial charge is 0.507 e. The highest BCUT2D eigenvalue weighted by molar-refractivity contribution is 6.46. The number of aryl methyl sites for hydroxylation is 1. The molecule has 33 heavy (non-hydrogen) atoms. The van der Waals surface area contributed by atoms with Crippen LogP contribution in [-0.4, -0.2) is 47.6 Å². The molecule has 2 aliphatic heterocycles. The highest BCUT2D eigenvalue weighted by Crippen LogP contribution is 2.40. The first kappa shape index (κ1) is 23.0. The molecule has 1 saturated heterocycles. The summed E-state index contributed by atoms with van der Waals surface area (Å²) in [4.78, 5) is 27.5. The smallest absolute Gasteiger partial charge is 0.295 e. The van der Waals surface area contributed by atoms with E-state index in [4.69, 9.17) is 9.47 Å². The third-order valence-corrected chi connectivity index (χ3v) is 5.90. The average molecular weight is 454 g/mol. The molecule has 7 heteroatoms. The zero-order chi connectivity index (χ0) is 23.5. The summed E-state index contributed by atoms with van der Waals surface area (Å²) in [7, 11) is 0. The van der Waals surface area contributed by atoms with E-state index in [1.54, 1.807) is 18.2 Å². The quantitative estimate of drug-likeness (QED) is 0.291. The van der Waals surface area contributed by atoms with Crippen molar-refractivity contribution in [2.24, 2.45) is 0 Å². The molecule has 0 saturated carbocycles. The molecule has 2 aromatic rings. The standard InChI is InChI=1S/C26H28FNO5/c1-16(2)32-14-4-12-28-23(17-6-9-20(27)10-7-17)22(25(30)26(28)31)24(29)19-8-11-21-18(15-19)5-3-13-33-21/h6-11,15-16,23,29H,3-5,12-14H2,1-2H3/b24-22-. The van der Waals surface area contributed by atoms with Gasteiger partial charge >= 0.3 is 0 Å². The van der Waals surface area contributed by atoms with Gasteiger partial charge in [-0.3, -0.25) is 9.59 Å². The molecule has 1 fully saturated rings. The maximum absolute atomic E-state index is 13.6. The fourth-order valence-electron chi connectivity index (χ4n) is 4.32. The molecule has 1 unspecified atom stereocenters. The minimum atomic E-state index is -0.808. The van der Waals surface area contributed by atoms with Gasteiger partial charge in [0.25, 0.3) is 11.7 Å². The van der Waals surface area contributed by atoms with Crippen LogP contribution in [0.4, 0.5) is 4.39 Å². The molecule has 2 aromatic carbocycles. The van der Waals surface area contributed by atoms with Gasteiger partial charge in [0.15, 0.2) is 0 Å². The van der Waals surface area contributed by atoms with Crippen LogP contribution in [0, 0.1) is 5.82 Å². The number of hydrogen-bond donors (Lipinski definition) is 1. The van der Waals surface area contributed by atoms with Crippen LogP contribution in [-0.2, 0) is 20.7 Å². The number of carbonyl (C=O) groups excluding carboxylic acids is 2. The van der Waals surface area contributed by atoms with E-state index in [-0.39, 0.29) is 24.0 Å². The Balaban J connectivity index is 1.73. The van der Waals surface area contributed by atoms with Crippen LogP contribution in [0.5, 0.6) is 5.75 Å². The van der Waals surface area contributed by atoms with Crippen LogP contribution in [0.2, 0.25) is 0 Å². The van der Waals surface area contributed by atoms with Crippen LogP contribution in [0.1, 0.15) is 49.4 Å². The van der Waals surface area contributed by atoms with Crippen molar-refractivity contribution in [2.75, 3.05) is 19.8 Å². The minimum absolute atomic E-state index is 0.00747. The van der Waals surface area contributed by atoms with Crippen molar-refractivity contribution in [3.8, 4) is 5.75 Å². The maximum atomic E-state index is 13.6. The molecule has 0 radical (unpaired) electrons. The Morgan fingerprint density at radius 1 is 1.21 bits per heavy atom. The van der Waals surface area contributed by atoms with Gasteiger partial charge in [-0.25, -0.2) is 4.39 Å². The Morgan fingerprint density at radius 2 is 1.97 bits per heavy atom. The van der Waals surface area contributed by atoms with Gasteiger partial charge in [0.1, 0.15) is 17.3 Å². The van der Waals surface area contributed by atoms with Gasteiger partial charge in [-0.05, 0) is 74.6 Å². The molecular formula is C26H28FNO5. The molecule has 6 nitrogen and oxygen atoms in total. The molecule has 0 bridgehead atoms. The van der Waals surface area contributed by atoms with E-state index in [1.165, 1.54) is 29.2 Å². The van der Waals surface area contributed by atoms with E-state index < -0.39 is 23.5 Å². The lowest BCUT2D eigenvalue weighted by atomic mass is 9.94. The number of fused-ring (bicyclic) bond motifs is 1. The molecule has 2 aliphatic rings. The molecule has 2 heterocycles. The Kier molecular flexibility index (Phi) is 6.79. The van der Waals surface area contributed by atoms with Gasteiger partial charge < -0.3 is 19.5 Å². The van der Waals surface area contributed by atoms with Gasteiger partial charge in [-0.15, -0.1) is 0 Å². The van der Waals surface area contributed by atoms with E-state index in [0.29, 0.717) is 30.8 Å². The highest BCUT2D eigenvalue weighted by Gasteiger charge is 2.45. The number of ether oxygens (including phenoxy) is 2. The number of carbonyl (C=O) groups is 2. The molecule has 1 atom stereocenters. The van der Waals surface area contributed by atoms with Crippen molar-refractivity contribution in [3.63, 3.8) is 0 Å². The van der Waals surface area contributed by atoms with Gasteiger partial charge in [0.05, 0.1) is 24.3 Å². The summed E-state index contributed by atoms with van der Waals surface area (Å²) in [6.07, 6.45) is 2.26. The lowest BCUT2D eigenvalue weighted by molar-refractivity contribution is -0.140. The first-order valence-electron chi connectivity index (χ1n) is 11.3. The molecule has 1 amide bonds. The summed E-state index contributed by atoms with van der Waals surface area (Å²) in [5.74, 6) is -1.33. The van der Waals surface area contributed by atoms with E-state index in [1.807, 2.05) is 13.8 Å². The summed E-state index contributed by atoms with van der Waals surface area (Å²) >= 11 is 0. The predicted octanol–water partition coefficient (Wildman–Crippen LogP) is 4.39. The molecule has 0 aliphatic carbocycles. The topological polar surface area (TPSA) is 76.1 Å². The van der Waals surface area contributed by atoms with Gasteiger partial charge in [0, 0.05) is 18.7 Å². The number of halogens is 1. The third-order valence-electron chi connectivity index (χ3n) is 5.90. The predicted molar refractivity (Wildman–Crippen MR) is 121 cm³/mol. The van der Waals surface area contributed by atoms with E-state index in [9.17, 15) is 19.1 Å². The summed E-state index contributed by atoms with van der Waals surface area (Å²) < 4.78 is 24.8. The first-order chi connectivity index (χ1) is 15.9. The van der Waals surface area contributed by atoms with Crippen molar-refractivity contribution in [3.05, 3.63) is 70.5 Å². The Labute approximate surface area is 192 Å². The summed E-state index contributed by atoms with van der Waals surface area (Å²) in [6, 6.07) is 10.1. The number of likely N-dealkylation sites (tertiary alicyclic amines) is 1. The van der Waals surface area contributed by atoms with Crippen molar-refractivity contribution < 1.29 is 28.6 Å². The van der Waals surface area contributed by atoms with E-state index >= 15 is 0 Å². The molecule has 0 spiro atoms. The second-order valence-electron chi connectivity index (χ2n) is 8.59. The number of aliphatic hydroxyl groups excluding tert-OH is 1. The van der Waals surface area contributed by atoms with Crippen molar-refractivity contribution >= 4 is 17.4 Å². The first-order valence-corrected chi connectivity index (χ1v) is 11.3. The van der Waals surface area contributed by atoms with Gasteiger partial charge in [-0.1, -0.05) is 12.1 Å². The van der Waals surface area contributed by atoms with Crippen LogP contribution in [0.15, 0.2) is 48.0 Å². The van der Waals surface area contributed by atoms with E-state index in [0.717, 1.165) is 24.2 Å². The lowest BCUT2D eigenvalue weighted by Gasteiger charge is -2.25. The van der Waals surface area contributed by atoms with Crippen LogP contribution >= 0.6 is 0 Å². The molecule has 174 valence electrons. The lowest BCUT2D eigenvalue weighted by Crippen LogP contribution is -2.31. The zero-order valence-corrected chi connectivity index (χ0v) is 18.8. The molecule has 0 aromatic heterocycles. The summed E-state index contributed by atoms with van der Waals surface area (Å²) in [5, 5.41) is 11.2. The number of rotatable bonds is 7. The fraction of sp³-hybridized carbons (Fsp3) is 0.385. The number of nitrogens with zero attached hydrogens (tertiary/aromatic N) is 1. The maximum Gasteiger partial charge on any atom is 0.295 e. The van der Waals surface area contributed by atoms with Crippen LogP contribution < -0.4 is 4.74 Å². The number of benzene rings is 2. The number of hydrogen-bond acceptors (Lipinski definition) is 5. The monoisotopic (exact) mass is 453 g/mol. The second-order valence-corrected chi connectivity index (χ2v) is 8.59. The van der Waals surface area contributed by atoms with Crippen molar-refractivity contribution in [1.82, 2.24) is 4.90 Å². The fourth-order valence-corrected chi connectivity index (χ4v) is 4.32. The second kappa shape index (κ2) is 9.75. The third kappa shape index (κ3) is 4.78.